The molecular weight excluding hydrogens is 384 g/mol. The van der Waals surface area contributed by atoms with E-state index in [0.717, 1.165) is 11.6 Å². The molecule has 2 aromatic heterocycles. The first kappa shape index (κ1) is 19.5. The highest BCUT2D eigenvalue weighted by molar-refractivity contribution is 7.92. The molecule has 0 radical (unpaired) electrons. The van der Waals surface area contributed by atoms with Gasteiger partial charge in [0.25, 0.3) is 15.9 Å². The zero-order valence-corrected chi connectivity index (χ0v) is 16.4. The van der Waals surface area contributed by atoms with E-state index < -0.39 is 10.0 Å². The van der Waals surface area contributed by atoms with Crippen LogP contribution < -0.4 is 10.0 Å². The summed E-state index contributed by atoms with van der Waals surface area (Å²) < 4.78 is 34.0. The number of rotatable bonds is 7. The predicted molar refractivity (Wildman–Crippen MR) is 100 cm³/mol. The first-order chi connectivity index (χ1) is 13.3. The van der Waals surface area contributed by atoms with E-state index in [1.807, 2.05) is 18.5 Å². The average Bonchev–Trinajstić information content (AvgIpc) is 3.21. The van der Waals surface area contributed by atoms with Gasteiger partial charge in [0.1, 0.15) is 17.4 Å². The molecule has 11 heteroatoms. The molecule has 1 aromatic carbocycles. The zero-order valence-electron chi connectivity index (χ0n) is 15.6. The second kappa shape index (κ2) is 7.80. The first-order valence-corrected chi connectivity index (χ1v) is 9.94. The summed E-state index contributed by atoms with van der Waals surface area (Å²) in [7, 11) is -2.05. The lowest BCUT2D eigenvalue weighted by molar-refractivity contribution is 0.0953. The largest absolute Gasteiger partial charge is 0.360 e. The van der Waals surface area contributed by atoms with Gasteiger partial charge < -0.3 is 14.4 Å². The Morgan fingerprint density at radius 2 is 2.00 bits per heavy atom. The Balaban J connectivity index is 1.66. The number of sulfonamides is 1. The van der Waals surface area contributed by atoms with Crippen molar-refractivity contribution in [1.82, 2.24) is 25.2 Å². The second-order valence-electron chi connectivity index (χ2n) is 6.18. The third kappa shape index (κ3) is 4.36. The molecule has 148 valence electrons. The van der Waals surface area contributed by atoms with Crippen LogP contribution in [0, 0.1) is 13.8 Å². The summed E-state index contributed by atoms with van der Waals surface area (Å²) >= 11 is 0. The Hall–Kier alpha value is -3.21. The van der Waals surface area contributed by atoms with Crippen LogP contribution in [0.4, 0.5) is 5.82 Å². The monoisotopic (exact) mass is 404 g/mol. The molecule has 2 N–H and O–H groups in total. The van der Waals surface area contributed by atoms with Crippen molar-refractivity contribution in [3.8, 4) is 0 Å². The van der Waals surface area contributed by atoms with Gasteiger partial charge in [-0.1, -0.05) is 11.2 Å². The van der Waals surface area contributed by atoms with Crippen molar-refractivity contribution in [2.75, 3.05) is 11.3 Å². The van der Waals surface area contributed by atoms with Crippen molar-refractivity contribution in [3.05, 3.63) is 53.3 Å². The van der Waals surface area contributed by atoms with Crippen LogP contribution in [0.5, 0.6) is 0 Å². The van der Waals surface area contributed by atoms with Crippen LogP contribution in [0.3, 0.4) is 0 Å². The Labute approximate surface area is 162 Å². The number of nitrogens with zero attached hydrogens (tertiary/aromatic N) is 4. The van der Waals surface area contributed by atoms with Gasteiger partial charge in [-0.2, -0.15) is 0 Å². The lowest BCUT2D eigenvalue weighted by Gasteiger charge is -2.08. The Morgan fingerprint density at radius 1 is 1.21 bits per heavy atom. The number of benzene rings is 1. The van der Waals surface area contributed by atoms with E-state index in [-0.39, 0.29) is 22.2 Å². The van der Waals surface area contributed by atoms with E-state index in [0.29, 0.717) is 18.7 Å². The Kier molecular flexibility index (Phi) is 5.45. The van der Waals surface area contributed by atoms with Crippen molar-refractivity contribution < 1.29 is 17.7 Å². The third-order valence-corrected chi connectivity index (χ3v) is 5.44. The number of aromatic nitrogens is 4. The van der Waals surface area contributed by atoms with Crippen LogP contribution in [0.15, 0.2) is 39.8 Å². The minimum absolute atomic E-state index is 0.0512. The highest BCUT2D eigenvalue weighted by Crippen LogP contribution is 2.17. The number of aryl methyl sites for hydroxylation is 2. The molecule has 0 spiro atoms. The molecule has 0 fully saturated rings. The van der Waals surface area contributed by atoms with Crippen LogP contribution in [-0.4, -0.2) is 40.8 Å². The van der Waals surface area contributed by atoms with Gasteiger partial charge in [-0.25, -0.2) is 8.42 Å². The molecule has 0 aliphatic rings. The van der Waals surface area contributed by atoms with Gasteiger partial charge in [-0.05, 0) is 32.0 Å². The van der Waals surface area contributed by atoms with E-state index in [1.54, 1.807) is 13.0 Å². The van der Waals surface area contributed by atoms with Crippen molar-refractivity contribution in [1.29, 1.82) is 0 Å². The number of carbonyl (C=O) groups is 1. The molecule has 0 aliphatic carbocycles. The number of amides is 1. The summed E-state index contributed by atoms with van der Waals surface area (Å²) in [4.78, 5) is 12.3. The normalized spacial score (nSPS) is 11.4. The average molecular weight is 404 g/mol. The van der Waals surface area contributed by atoms with Crippen molar-refractivity contribution in [2.45, 2.75) is 25.2 Å². The Bertz CT molecular complexity index is 1100. The van der Waals surface area contributed by atoms with Crippen LogP contribution in [0.1, 0.15) is 27.8 Å². The molecule has 10 nitrogen and oxygen atoms in total. The number of hydrogen-bond donors (Lipinski definition) is 2. The highest BCUT2D eigenvalue weighted by Gasteiger charge is 2.18. The van der Waals surface area contributed by atoms with E-state index in [9.17, 15) is 13.2 Å². The number of nitrogens with one attached hydrogen (secondary N) is 2. The molecule has 2 heterocycles. The summed E-state index contributed by atoms with van der Waals surface area (Å²) in [6.45, 7) is 3.84. The fraction of sp³-hybridized carbons (Fsp3) is 0.294. The van der Waals surface area contributed by atoms with E-state index >= 15 is 0 Å². The topological polar surface area (TPSA) is 132 Å². The van der Waals surface area contributed by atoms with Crippen LogP contribution in [0.2, 0.25) is 0 Å². The maximum absolute atomic E-state index is 12.5. The molecule has 3 aromatic rings. The molecule has 0 atom stereocenters. The highest BCUT2D eigenvalue weighted by atomic mass is 32.2. The molecule has 0 aliphatic heterocycles. The van der Waals surface area contributed by atoms with Crippen LogP contribution in [0.25, 0.3) is 0 Å². The second-order valence-corrected chi connectivity index (χ2v) is 7.87. The van der Waals surface area contributed by atoms with Gasteiger partial charge in [0, 0.05) is 31.6 Å². The lowest BCUT2D eigenvalue weighted by Crippen LogP contribution is -2.26. The third-order valence-electron chi connectivity index (χ3n) is 4.09. The van der Waals surface area contributed by atoms with Gasteiger partial charge in [0.05, 0.1) is 4.90 Å². The molecule has 0 saturated carbocycles. The molecular formula is C17H20N6O4S. The summed E-state index contributed by atoms with van der Waals surface area (Å²) in [6, 6.07) is 7.21. The van der Waals surface area contributed by atoms with Crippen molar-refractivity contribution in [2.24, 2.45) is 7.05 Å². The molecule has 3 rings (SSSR count). The zero-order chi connectivity index (χ0) is 20.3. The Morgan fingerprint density at radius 3 is 2.64 bits per heavy atom. The van der Waals surface area contributed by atoms with E-state index in [1.165, 1.54) is 24.3 Å². The lowest BCUT2D eigenvalue weighted by atomic mass is 10.2. The SMILES string of the molecule is Cc1cc(NS(=O)(=O)c2cccc(C(=O)NCCc3nnc(C)n3C)c2)no1. The molecule has 28 heavy (non-hydrogen) atoms. The maximum atomic E-state index is 12.5. The van der Waals surface area contributed by atoms with Crippen LogP contribution in [-0.2, 0) is 23.5 Å². The van der Waals surface area contributed by atoms with E-state index in [4.69, 9.17) is 4.52 Å². The smallest absolute Gasteiger partial charge is 0.263 e. The molecule has 0 unspecified atom stereocenters. The summed E-state index contributed by atoms with van der Waals surface area (Å²) in [5.41, 5.74) is 0.230. The standard InChI is InChI=1S/C17H20N6O4S/c1-11-9-15(21-27-11)22-28(25,26)14-6-4-5-13(10-14)17(24)18-8-7-16-20-19-12(2)23(16)3/h4-6,9-10H,7-8H2,1-3H3,(H,18,24)(H,21,22). The summed E-state index contributed by atoms with van der Waals surface area (Å²) in [5.74, 6) is 1.71. The summed E-state index contributed by atoms with van der Waals surface area (Å²) in [5, 5.41) is 14.4. The van der Waals surface area contributed by atoms with Crippen LogP contribution >= 0.6 is 0 Å². The van der Waals surface area contributed by atoms with Gasteiger partial charge >= 0.3 is 0 Å². The van der Waals surface area contributed by atoms with Gasteiger partial charge in [0.15, 0.2) is 5.82 Å². The predicted octanol–water partition coefficient (Wildman–Crippen LogP) is 1.19. The molecule has 0 saturated heterocycles. The quantitative estimate of drug-likeness (QED) is 0.604. The minimum Gasteiger partial charge on any atom is -0.360 e. The number of anilines is 1. The molecule has 1 amide bonds. The van der Waals surface area contributed by atoms with Gasteiger partial charge in [-0.15, -0.1) is 10.2 Å². The summed E-state index contributed by atoms with van der Waals surface area (Å²) in [6.07, 6.45) is 0.508. The fourth-order valence-corrected chi connectivity index (χ4v) is 3.50. The van der Waals surface area contributed by atoms with Gasteiger partial charge in [0.2, 0.25) is 0 Å². The van der Waals surface area contributed by atoms with Gasteiger partial charge in [-0.3, -0.25) is 9.52 Å². The number of carbonyl (C=O) groups excluding carboxylic acids is 1. The minimum atomic E-state index is -3.90. The van der Waals surface area contributed by atoms with E-state index in [2.05, 4.69) is 25.4 Å². The van der Waals surface area contributed by atoms with Crippen molar-refractivity contribution >= 4 is 21.7 Å². The molecule has 0 bridgehead atoms. The van der Waals surface area contributed by atoms with Crippen molar-refractivity contribution in [3.63, 3.8) is 0 Å². The number of hydrogen-bond acceptors (Lipinski definition) is 7. The fourth-order valence-electron chi connectivity index (χ4n) is 2.47. The maximum Gasteiger partial charge on any atom is 0.263 e. The first-order valence-electron chi connectivity index (χ1n) is 8.45.